The van der Waals surface area contributed by atoms with E-state index < -0.39 is 6.10 Å². The Balaban J connectivity index is 2.33. The van der Waals surface area contributed by atoms with Crippen LogP contribution in [-0.2, 0) is 14.3 Å². The Hall–Kier alpha value is -2.36. The lowest BCUT2D eigenvalue weighted by atomic mass is 9.80. The van der Waals surface area contributed by atoms with Crippen molar-refractivity contribution >= 4 is 11.9 Å². The maximum absolute atomic E-state index is 12.6. The number of ether oxygens (including phenoxy) is 2. The first-order valence-electron chi connectivity index (χ1n) is 9.96. The third kappa shape index (κ3) is 6.36. The van der Waals surface area contributed by atoms with Crippen LogP contribution in [0.3, 0.4) is 0 Å². The van der Waals surface area contributed by atoms with Gasteiger partial charge in [-0.25, -0.2) is 4.79 Å². The van der Waals surface area contributed by atoms with Crippen LogP contribution >= 0.6 is 0 Å². The minimum Gasteiger partial charge on any atom is -0.458 e. The van der Waals surface area contributed by atoms with Crippen LogP contribution in [0, 0.1) is 5.41 Å². The molecule has 4 heteroatoms. The standard InChI is InChI=1S/C24H32O4/c1-17-10-9-15-24(4,5)22(27-19(3)25)16-18(2)21(14-13-17)28-23(26)20-11-7-6-8-12-20/h6-8,11-13,16,21-22H,9-10,14-15H2,1-5H3/t21-,22+/m0/s1. The molecule has 0 aliphatic heterocycles. The fourth-order valence-electron chi connectivity index (χ4n) is 3.42. The molecule has 0 N–H and O–H groups in total. The number of hydrogen-bond donors (Lipinski definition) is 0. The lowest BCUT2D eigenvalue weighted by Crippen LogP contribution is -2.33. The molecule has 1 aromatic rings. The normalized spacial score (nSPS) is 22.9. The lowest BCUT2D eigenvalue weighted by molar-refractivity contribution is -0.149. The second-order valence-corrected chi connectivity index (χ2v) is 8.33. The molecule has 1 aliphatic rings. The van der Waals surface area contributed by atoms with Crippen molar-refractivity contribution in [2.45, 2.75) is 72.5 Å². The van der Waals surface area contributed by atoms with Gasteiger partial charge in [-0.1, -0.05) is 43.7 Å². The molecule has 0 aromatic heterocycles. The Morgan fingerprint density at radius 1 is 1.07 bits per heavy atom. The van der Waals surface area contributed by atoms with Crippen molar-refractivity contribution in [3.05, 3.63) is 59.2 Å². The SMILES string of the molecule is CC(=O)O[C@@H]1C=C(C)[C@@H](OC(=O)c2ccccc2)CC=C(C)CCCC1(C)C. The van der Waals surface area contributed by atoms with E-state index in [1.165, 1.54) is 12.5 Å². The van der Waals surface area contributed by atoms with Crippen LogP contribution < -0.4 is 0 Å². The first-order chi connectivity index (χ1) is 13.2. The van der Waals surface area contributed by atoms with Gasteiger partial charge in [0.25, 0.3) is 0 Å². The average Bonchev–Trinajstić information content (AvgIpc) is 2.65. The summed E-state index contributed by atoms with van der Waals surface area (Å²) >= 11 is 0. The van der Waals surface area contributed by atoms with E-state index in [9.17, 15) is 9.59 Å². The molecule has 4 nitrogen and oxygen atoms in total. The Labute approximate surface area is 168 Å². The molecular weight excluding hydrogens is 352 g/mol. The van der Waals surface area contributed by atoms with E-state index in [1.807, 2.05) is 31.2 Å². The van der Waals surface area contributed by atoms with Crippen LogP contribution in [0.1, 0.15) is 70.7 Å². The molecule has 1 aromatic carbocycles. The second-order valence-electron chi connectivity index (χ2n) is 8.33. The Bertz CT molecular complexity index is 743. The quantitative estimate of drug-likeness (QED) is 0.500. The van der Waals surface area contributed by atoms with E-state index in [0.717, 1.165) is 24.8 Å². The van der Waals surface area contributed by atoms with Gasteiger partial charge in [0.2, 0.25) is 0 Å². The molecule has 28 heavy (non-hydrogen) atoms. The number of hydrogen-bond acceptors (Lipinski definition) is 4. The van der Waals surface area contributed by atoms with E-state index in [1.54, 1.807) is 12.1 Å². The van der Waals surface area contributed by atoms with Crippen LogP contribution in [0.5, 0.6) is 0 Å². The Morgan fingerprint density at radius 2 is 1.75 bits per heavy atom. The van der Waals surface area contributed by atoms with Gasteiger partial charge in [-0.2, -0.15) is 0 Å². The molecule has 0 amide bonds. The molecule has 0 saturated carbocycles. The van der Waals surface area contributed by atoms with Gasteiger partial charge in [-0.05, 0) is 56.9 Å². The summed E-state index contributed by atoms with van der Waals surface area (Å²) in [4.78, 5) is 24.3. The third-order valence-corrected chi connectivity index (χ3v) is 5.32. The molecule has 0 saturated heterocycles. The zero-order valence-electron chi connectivity index (χ0n) is 17.7. The molecule has 0 radical (unpaired) electrons. The maximum atomic E-state index is 12.6. The van der Waals surface area contributed by atoms with Gasteiger partial charge >= 0.3 is 11.9 Å². The first kappa shape index (κ1) is 21.9. The summed E-state index contributed by atoms with van der Waals surface area (Å²) in [5, 5.41) is 0. The van der Waals surface area contributed by atoms with E-state index in [0.29, 0.717) is 12.0 Å². The summed E-state index contributed by atoms with van der Waals surface area (Å²) in [5.74, 6) is -0.647. The highest BCUT2D eigenvalue weighted by Crippen LogP contribution is 2.34. The monoisotopic (exact) mass is 384 g/mol. The van der Waals surface area contributed by atoms with Crippen molar-refractivity contribution in [1.82, 2.24) is 0 Å². The fraction of sp³-hybridized carbons (Fsp3) is 0.500. The van der Waals surface area contributed by atoms with E-state index in [4.69, 9.17) is 9.47 Å². The Kier molecular flexibility index (Phi) is 7.61. The Morgan fingerprint density at radius 3 is 2.39 bits per heavy atom. The van der Waals surface area contributed by atoms with Gasteiger partial charge in [-0.15, -0.1) is 0 Å². The predicted octanol–water partition coefficient (Wildman–Crippen LogP) is 5.64. The lowest BCUT2D eigenvalue weighted by Gasteiger charge is -2.32. The number of benzene rings is 1. The number of esters is 2. The molecule has 152 valence electrons. The summed E-state index contributed by atoms with van der Waals surface area (Å²) < 4.78 is 11.5. The zero-order chi connectivity index (χ0) is 20.7. The van der Waals surface area contributed by atoms with Crippen molar-refractivity contribution in [2.24, 2.45) is 5.41 Å². The predicted molar refractivity (Wildman–Crippen MR) is 111 cm³/mol. The molecule has 2 atom stereocenters. The van der Waals surface area contributed by atoms with Crippen LogP contribution in [-0.4, -0.2) is 24.1 Å². The number of carbonyl (C=O) groups excluding carboxylic acids is 2. The van der Waals surface area contributed by atoms with Crippen molar-refractivity contribution < 1.29 is 19.1 Å². The summed E-state index contributed by atoms with van der Waals surface area (Å²) in [6, 6.07) is 9.00. The molecule has 0 unspecified atom stereocenters. The van der Waals surface area contributed by atoms with Crippen LogP contribution in [0.4, 0.5) is 0 Å². The van der Waals surface area contributed by atoms with E-state index in [-0.39, 0.29) is 23.5 Å². The highest BCUT2D eigenvalue weighted by atomic mass is 16.5. The summed E-state index contributed by atoms with van der Waals surface area (Å²) in [7, 11) is 0. The molecular formula is C24H32O4. The zero-order valence-corrected chi connectivity index (χ0v) is 17.7. The van der Waals surface area contributed by atoms with Crippen molar-refractivity contribution in [2.75, 3.05) is 0 Å². The highest BCUT2D eigenvalue weighted by molar-refractivity contribution is 5.89. The van der Waals surface area contributed by atoms with Gasteiger partial charge in [0.05, 0.1) is 5.56 Å². The third-order valence-electron chi connectivity index (χ3n) is 5.32. The van der Waals surface area contributed by atoms with Crippen molar-refractivity contribution in [3.8, 4) is 0 Å². The molecule has 0 fully saturated rings. The van der Waals surface area contributed by atoms with Gasteiger partial charge < -0.3 is 9.47 Å². The second kappa shape index (κ2) is 9.72. The minimum absolute atomic E-state index is 0.203. The van der Waals surface area contributed by atoms with Gasteiger partial charge in [0.15, 0.2) is 0 Å². The van der Waals surface area contributed by atoms with E-state index in [2.05, 4.69) is 26.8 Å². The molecule has 2 rings (SSSR count). The van der Waals surface area contributed by atoms with Crippen LogP contribution in [0.15, 0.2) is 53.6 Å². The number of carbonyl (C=O) groups is 2. The largest absolute Gasteiger partial charge is 0.458 e. The minimum atomic E-state index is -0.394. The van der Waals surface area contributed by atoms with E-state index >= 15 is 0 Å². The summed E-state index contributed by atoms with van der Waals surface area (Å²) in [6.07, 6.45) is 6.91. The molecule has 1 aliphatic carbocycles. The summed E-state index contributed by atoms with van der Waals surface area (Å²) in [5.41, 5.74) is 2.51. The smallest absolute Gasteiger partial charge is 0.338 e. The van der Waals surface area contributed by atoms with Crippen molar-refractivity contribution in [3.63, 3.8) is 0 Å². The van der Waals surface area contributed by atoms with Crippen LogP contribution in [0.25, 0.3) is 0 Å². The first-order valence-corrected chi connectivity index (χ1v) is 9.96. The molecule has 0 heterocycles. The van der Waals surface area contributed by atoms with Gasteiger partial charge in [0, 0.05) is 18.8 Å². The molecule has 0 bridgehead atoms. The van der Waals surface area contributed by atoms with Crippen LogP contribution in [0.2, 0.25) is 0 Å². The number of rotatable bonds is 3. The van der Waals surface area contributed by atoms with Crippen molar-refractivity contribution in [1.29, 1.82) is 0 Å². The topological polar surface area (TPSA) is 52.6 Å². The number of allylic oxidation sites excluding steroid dienone is 1. The maximum Gasteiger partial charge on any atom is 0.338 e. The highest BCUT2D eigenvalue weighted by Gasteiger charge is 2.31. The fourth-order valence-corrected chi connectivity index (χ4v) is 3.42. The average molecular weight is 385 g/mol. The summed E-state index contributed by atoms with van der Waals surface area (Å²) in [6.45, 7) is 9.72. The molecule has 0 spiro atoms. The van der Waals surface area contributed by atoms with Gasteiger partial charge in [0.1, 0.15) is 12.2 Å². The van der Waals surface area contributed by atoms with Gasteiger partial charge in [-0.3, -0.25) is 4.79 Å².